The van der Waals surface area contributed by atoms with Crippen molar-refractivity contribution in [1.29, 1.82) is 0 Å². The molecule has 2 aromatic rings. The first-order valence-electron chi connectivity index (χ1n) is 8.10. The number of carboxylic acids is 2. The number of benzene rings is 1. The van der Waals surface area contributed by atoms with Crippen LogP contribution in [0.5, 0.6) is 0 Å². The Morgan fingerprint density at radius 2 is 1.78 bits per heavy atom. The first kappa shape index (κ1) is 19.9. The monoisotopic (exact) mass is 376 g/mol. The number of nitrogens with one attached hydrogen (secondary N) is 3. The Morgan fingerprint density at radius 3 is 2.44 bits per heavy atom. The lowest BCUT2D eigenvalue weighted by atomic mass is 10.0. The van der Waals surface area contributed by atoms with Gasteiger partial charge in [0, 0.05) is 17.1 Å². The maximum atomic E-state index is 12.3. The molecule has 7 N–H and O–H groups in total. The molecule has 2 atom stereocenters. The maximum Gasteiger partial charge on any atom is 0.322 e. The van der Waals surface area contributed by atoms with E-state index in [9.17, 15) is 19.2 Å². The Bertz CT molecular complexity index is 862. The van der Waals surface area contributed by atoms with Crippen LogP contribution in [0.3, 0.4) is 0 Å². The number of amides is 2. The average Bonchev–Trinajstić information content (AvgIpc) is 3.01. The second-order valence-electron chi connectivity index (χ2n) is 5.94. The first-order valence-corrected chi connectivity index (χ1v) is 8.10. The predicted octanol–water partition coefficient (Wildman–Crippen LogP) is -0.802. The number of hydrogen-bond acceptors (Lipinski definition) is 5. The number of nitrogens with two attached hydrogens (primary N) is 1. The maximum absolute atomic E-state index is 12.3. The van der Waals surface area contributed by atoms with E-state index >= 15 is 0 Å². The molecule has 0 aliphatic heterocycles. The van der Waals surface area contributed by atoms with E-state index in [-0.39, 0.29) is 6.42 Å². The molecule has 0 aliphatic carbocycles. The highest BCUT2D eigenvalue weighted by Gasteiger charge is 2.26. The molecule has 10 heteroatoms. The van der Waals surface area contributed by atoms with Crippen LogP contribution in [0, 0.1) is 0 Å². The molecular weight excluding hydrogens is 356 g/mol. The summed E-state index contributed by atoms with van der Waals surface area (Å²) in [4.78, 5) is 48.7. The van der Waals surface area contributed by atoms with Gasteiger partial charge in [0.05, 0.1) is 12.5 Å². The van der Waals surface area contributed by atoms with Crippen LogP contribution in [0.2, 0.25) is 0 Å². The summed E-state index contributed by atoms with van der Waals surface area (Å²) in [6.07, 6.45) is 1.20. The van der Waals surface area contributed by atoms with Crippen LogP contribution in [0.4, 0.5) is 0 Å². The number of rotatable bonds is 9. The molecule has 0 unspecified atom stereocenters. The second kappa shape index (κ2) is 8.81. The van der Waals surface area contributed by atoms with Gasteiger partial charge in [-0.25, -0.2) is 0 Å². The largest absolute Gasteiger partial charge is 0.481 e. The van der Waals surface area contributed by atoms with Crippen molar-refractivity contribution in [2.45, 2.75) is 24.9 Å². The van der Waals surface area contributed by atoms with Crippen LogP contribution in [0.1, 0.15) is 12.0 Å². The van der Waals surface area contributed by atoms with Crippen LogP contribution in [-0.4, -0.2) is 57.6 Å². The van der Waals surface area contributed by atoms with E-state index in [4.69, 9.17) is 15.9 Å². The molecular formula is C17H20N4O6. The molecule has 0 bridgehead atoms. The fraction of sp³-hybridized carbons (Fsp3) is 0.294. The molecule has 0 aliphatic rings. The smallest absolute Gasteiger partial charge is 0.322 e. The number of fused-ring (bicyclic) bond motifs is 1. The fourth-order valence-corrected chi connectivity index (χ4v) is 2.58. The molecule has 2 rings (SSSR count). The zero-order chi connectivity index (χ0) is 20.0. The van der Waals surface area contributed by atoms with Crippen LogP contribution in [0.25, 0.3) is 10.9 Å². The molecule has 0 saturated heterocycles. The van der Waals surface area contributed by atoms with Gasteiger partial charge in [0.1, 0.15) is 12.6 Å². The minimum absolute atomic E-state index is 0.173. The van der Waals surface area contributed by atoms with E-state index < -0.39 is 48.8 Å². The van der Waals surface area contributed by atoms with Crippen molar-refractivity contribution in [2.75, 3.05) is 6.54 Å². The second-order valence-corrected chi connectivity index (χ2v) is 5.94. The van der Waals surface area contributed by atoms with E-state index in [1.54, 1.807) is 6.20 Å². The zero-order valence-corrected chi connectivity index (χ0v) is 14.3. The highest BCUT2D eigenvalue weighted by molar-refractivity contribution is 5.93. The topological polar surface area (TPSA) is 175 Å². The highest BCUT2D eigenvalue weighted by atomic mass is 16.4. The molecule has 1 aromatic carbocycles. The summed E-state index contributed by atoms with van der Waals surface area (Å²) in [6, 6.07) is 5.01. The zero-order valence-electron chi connectivity index (χ0n) is 14.3. The van der Waals surface area contributed by atoms with Crippen molar-refractivity contribution in [1.82, 2.24) is 15.6 Å². The van der Waals surface area contributed by atoms with E-state index in [0.29, 0.717) is 0 Å². The molecule has 0 spiro atoms. The molecule has 27 heavy (non-hydrogen) atoms. The molecule has 1 heterocycles. The Kier molecular flexibility index (Phi) is 6.50. The number of carboxylic acid groups (broad SMARTS) is 2. The molecule has 144 valence electrons. The Labute approximate surface area is 153 Å². The van der Waals surface area contributed by atoms with E-state index in [0.717, 1.165) is 16.5 Å². The lowest BCUT2D eigenvalue weighted by Crippen LogP contribution is -2.53. The lowest BCUT2D eigenvalue weighted by Gasteiger charge is -2.19. The first-order chi connectivity index (χ1) is 12.8. The summed E-state index contributed by atoms with van der Waals surface area (Å²) in [6.45, 7) is -0.688. The van der Waals surface area contributed by atoms with Crippen LogP contribution in [0.15, 0.2) is 30.5 Å². The van der Waals surface area contributed by atoms with Gasteiger partial charge >= 0.3 is 11.9 Å². The van der Waals surface area contributed by atoms with Crippen LogP contribution in [-0.2, 0) is 25.6 Å². The Morgan fingerprint density at radius 1 is 1.07 bits per heavy atom. The SMILES string of the molecule is N[C@@H](Cc1c[nH]c2ccccc12)C(=O)N[C@@H](CC(=O)O)C(=O)NCC(=O)O. The fourth-order valence-electron chi connectivity index (χ4n) is 2.58. The summed E-state index contributed by atoms with van der Waals surface area (Å²) in [5.74, 6) is -4.24. The molecule has 10 nitrogen and oxygen atoms in total. The van der Waals surface area contributed by atoms with E-state index in [1.807, 2.05) is 29.6 Å². The number of aromatic amines is 1. The number of aromatic nitrogens is 1. The van der Waals surface area contributed by atoms with Gasteiger partial charge in [-0.1, -0.05) is 18.2 Å². The summed E-state index contributed by atoms with van der Waals surface area (Å²) >= 11 is 0. The van der Waals surface area contributed by atoms with E-state index in [1.165, 1.54) is 0 Å². The molecule has 0 saturated carbocycles. The summed E-state index contributed by atoms with van der Waals surface area (Å²) in [5, 5.41) is 22.7. The van der Waals surface area contributed by atoms with Gasteiger partial charge in [-0.2, -0.15) is 0 Å². The number of para-hydroxylation sites is 1. The minimum Gasteiger partial charge on any atom is -0.481 e. The van der Waals surface area contributed by atoms with Crippen molar-refractivity contribution in [3.8, 4) is 0 Å². The van der Waals surface area contributed by atoms with Gasteiger partial charge in [-0.15, -0.1) is 0 Å². The third-order valence-corrected chi connectivity index (χ3v) is 3.88. The molecule has 0 fully saturated rings. The summed E-state index contributed by atoms with van der Waals surface area (Å²) in [5.41, 5.74) is 7.59. The average molecular weight is 376 g/mol. The van der Waals surface area contributed by atoms with Gasteiger partial charge in [0.25, 0.3) is 0 Å². The summed E-state index contributed by atoms with van der Waals surface area (Å²) in [7, 11) is 0. The normalized spacial score (nSPS) is 12.9. The van der Waals surface area contributed by atoms with Gasteiger partial charge in [-0.3, -0.25) is 19.2 Å². The quantitative estimate of drug-likeness (QED) is 0.332. The van der Waals surface area contributed by atoms with Crippen LogP contribution < -0.4 is 16.4 Å². The third kappa shape index (κ3) is 5.54. The Hall–Kier alpha value is -3.40. The van der Waals surface area contributed by atoms with Crippen molar-refractivity contribution in [2.24, 2.45) is 5.73 Å². The standard InChI is InChI=1S/C17H20N4O6/c18-11(5-9-7-19-12-4-2-1-3-10(9)12)16(26)21-13(6-14(22)23)17(27)20-8-15(24)25/h1-4,7,11,13,19H,5-6,8,18H2,(H,20,27)(H,21,26)(H,22,23)(H,24,25)/t11-,13-/m0/s1. The van der Waals surface area contributed by atoms with Gasteiger partial charge in [0.2, 0.25) is 11.8 Å². The minimum atomic E-state index is -1.43. The Balaban J connectivity index is 2.03. The summed E-state index contributed by atoms with van der Waals surface area (Å²) < 4.78 is 0. The third-order valence-electron chi connectivity index (χ3n) is 3.88. The van der Waals surface area contributed by atoms with Crippen molar-refractivity contribution in [3.63, 3.8) is 0 Å². The number of aliphatic carboxylic acids is 2. The van der Waals surface area contributed by atoms with Crippen LogP contribution >= 0.6 is 0 Å². The van der Waals surface area contributed by atoms with Gasteiger partial charge in [-0.05, 0) is 18.1 Å². The number of hydrogen-bond donors (Lipinski definition) is 6. The lowest BCUT2D eigenvalue weighted by molar-refractivity contribution is -0.141. The van der Waals surface area contributed by atoms with Crippen molar-refractivity contribution >= 4 is 34.7 Å². The van der Waals surface area contributed by atoms with Crippen molar-refractivity contribution < 1.29 is 29.4 Å². The predicted molar refractivity (Wildman–Crippen MR) is 94.8 cm³/mol. The van der Waals surface area contributed by atoms with Crippen molar-refractivity contribution in [3.05, 3.63) is 36.0 Å². The van der Waals surface area contributed by atoms with Gasteiger partial charge in [0.15, 0.2) is 0 Å². The highest BCUT2D eigenvalue weighted by Crippen LogP contribution is 2.18. The number of H-pyrrole nitrogens is 1. The van der Waals surface area contributed by atoms with Gasteiger partial charge < -0.3 is 31.6 Å². The molecule has 2 amide bonds. The molecule has 1 aromatic heterocycles. The number of carbonyl (C=O) groups excluding carboxylic acids is 2. The van der Waals surface area contributed by atoms with E-state index in [2.05, 4.69) is 10.3 Å². The molecule has 0 radical (unpaired) electrons. The number of carbonyl (C=O) groups is 4.